The van der Waals surface area contributed by atoms with E-state index in [2.05, 4.69) is 0 Å². The molecule has 0 saturated carbocycles. The number of para-hydroxylation sites is 2. The monoisotopic (exact) mass is 389 g/mol. The van der Waals surface area contributed by atoms with Gasteiger partial charge in [0, 0.05) is 0 Å². The number of fused-ring (bicyclic) bond motifs is 1. The molecule has 144 valence electrons. The predicted octanol–water partition coefficient (Wildman–Crippen LogP) is 3.42. The highest BCUT2D eigenvalue weighted by Crippen LogP contribution is 2.35. The van der Waals surface area contributed by atoms with E-state index in [0.29, 0.717) is 5.75 Å². The van der Waals surface area contributed by atoms with E-state index in [0.717, 1.165) is 4.90 Å². The van der Waals surface area contributed by atoms with Crippen LogP contribution in [0.4, 0.5) is 5.69 Å². The quantitative estimate of drug-likeness (QED) is 0.418. The topological polar surface area (TPSA) is 93.1 Å². The summed E-state index contributed by atoms with van der Waals surface area (Å²) in [6.07, 6.45) is 0. The average Bonchev–Trinajstić information content (AvgIpc) is 2.99. The molecule has 0 unspecified atom stereocenters. The molecule has 7 heteroatoms. The number of hydrogen-bond acceptors (Lipinski definition) is 6. The van der Waals surface area contributed by atoms with Crippen LogP contribution in [0.25, 0.3) is 0 Å². The van der Waals surface area contributed by atoms with Crippen molar-refractivity contribution < 1.29 is 29.0 Å². The Bertz CT molecular complexity index is 1120. The first-order valence-corrected chi connectivity index (χ1v) is 8.67. The van der Waals surface area contributed by atoms with E-state index < -0.39 is 17.8 Å². The highest BCUT2D eigenvalue weighted by Gasteiger charge is 2.38. The van der Waals surface area contributed by atoms with E-state index in [9.17, 15) is 19.5 Å². The van der Waals surface area contributed by atoms with Crippen LogP contribution < -0.4 is 14.4 Å². The van der Waals surface area contributed by atoms with Crippen LogP contribution in [-0.2, 0) is 0 Å². The third kappa shape index (κ3) is 3.08. The molecule has 0 radical (unpaired) electrons. The molecular weight excluding hydrogens is 374 g/mol. The van der Waals surface area contributed by atoms with Crippen molar-refractivity contribution >= 4 is 23.5 Å². The van der Waals surface area contributed by atoms with Gasteiger partial charge in [0.1, 0.15) is 17.1 Å². The Morgan fingerprint density at radius 3 is 2.17 bits per heavy atom. The molecule has 1 aliphatic heterocycles. The van der Waals surface area contributed by atoms with Crippen molar-refractivity contribution in [3.05, 3.63) is 83.4 Å². The largest absolute Gasteiger partial charge is 0.507 e. The summed E-state index contributed by atoms with van der Waals surface area (Å²) in [4.78, 5) is 39.1. The number of phenolic OH excluding ortho intramolecular Hbond substituents is 1. The number of hydrogen-bond donors (Lipinski definition) is 1. The lowest BCUT2D eigenvalue weighted by Crippen LogP contribution is -2.30. The van der Waals surface area contributed by atoms with Gasteiger partial charge in [-0.15, -0.1) is 0 Å². The third-order valence-electron chi connectivity index (χ3n) is 4.53. The number of ether oxygens (including phenoxy) is 2. The van der Waals surface area contributed by atoms with Crippen molar-refractivity contribution in [2.75, 3.05) is 12.0 Å². The molecule has 4 rings (SSSR count). The van der Waals surface area contributed by atoms with Gasteiger partial charge in [-0.25, -0.2) is 9.69 Å². The standard InChI is InChI=1S/C22H15NO6/c1-28-13-10-11-18(24)16(12-13)22(27)29-19-9-5-4-8-17(19)23-20(25)14-6-2-3-7-15(14)21(23)26/h2-12,24H,1H3. The first kappa shape index (κ1) is 18.2. The maximum Gasteiger partial charge on any atom is 0.347 e. The number of nitrogens with zero attached hydrogens (tertiary/aromatic N) is 1. The molecule has 2 amide bonds. The number of esters is 1. The molecular formula is C22H15NO6. The maximum atomic E-state index is 12.8. The van der Waals surface area contributed by atoms with E-state index in [-0.39, 0.29) is 33.9 Å². The lowest BCUT2D eigenvalue weighted by Gasteiger charge is -2.18. The molecule has 7 nitrogen and oxygen atoms in total. The first-order chi connectivity index (χ1) is 14.0. The first-order valence-electron chi connectivity index (χ1n) is 8.67. The number of carbonyl (C=O) groups excluding carboxylic acids is 3. The van der Waals surface area contributed by atoms with E-state index in [1.54, 1.807) is 36.4 Å². The molecule has 0 spiro atoms. The van der Waals surface area contributed by atoms with Crippen molar-refractivity contribution in [2.24, 2.45) is 0 Å². The van der Waals surface area contributed by atoms with Gasteiger partial charge in [0.05, 0.1) is 23.9 Å². The number of amides is 2. The Kier molecular flexibility index (Phi) is 4.48. The molecule has 0 aliphatic carbocycles. The summed E-state index contributed by atoms with van der Waals surface area (Å²) in [7, 11) is 1.43. The summed E-state index contributed by atoms with van der Waals surface area (Å²) < 4.78 is 10.5. The van der Waals surface area contributed by atoms with Gasteiger partial charge >= 0.3 is 5.97 Å². The Morgan fingerprint density at radius 2 is 1.52 bits per heavy atom. The summed E-state index contributed by atoms with van der Waals surface area (Å²) in [5.41, 5.74) is 0.587. The third-order valence-corrected chi connectivity index (χ3v) is 4.53. The summed E-state index contributed by atoms with van der Waals surface area (Å²) in [6.45, 7) is 0. The van der Waals surface area contributed by atoms with Gasteiger partial charge in [-0.05, 0) is 42.5 Å². The summed E-state index contributed by atoms with van der Waals surface area (Å²) in [5, 5.41) is 9.99. The molecule has 0 fully saturated rings. The number of methoxy groups -OCH3 is 1. The van der Waals surface area contributed by atoms with Gasteiger partial charge in [-0.3, -0.25) is 9.59 Å². The van der Waals surface area contributed by atoms with Gasteiger partial charge in [0.15, 0.2) is 5.75 Å². The molecule has 3 aromatic carbocycles. The number of carbonyl (C=O) groups is 3. The number of anilines is 1. The lowest BCUT2D eigenvalue weighted by molar-refractivity contribution is 0.0728. The highest BCUT2D eigenvalue weighted by atomic mass is 16.5. The molecule has 0 atom stereocenters. The molecule has 1 heterocycles. The van der Waals surface area contributed by atoms with E-state index in [1.165, 1.54) is 37.4 Å². The SMILES string of the molecule is COc1ccc(O)c(C(=O)Oc2ccccc2N2C(=O)c3ccccc3C2=O)c1. The van der Waals surface area contributed by atoms with Gasteiger partial charge in [-0.2, -0.15) is 0 Å². The Morgan fingerprint density at radius 1 is 0.897 bits per heavy atom. The number of benzene rings is 3. The molecule has 0 bridgehead atoms. The number of aromatic hydroxyl groups is 1. The average molecular weight is 389 g/mol. The minimum Gasteiger partial charge on any atom is -0.507 e. The zero-order valence-corrected chi connectivity index (χ0v) is 15.3. The van der Waals surface area contributed by atoms with E-state index in [4.69, 9.17) is 9.47 Å². The van der Waals surface area contributed by atoms with Gasteiger partial charge < -0.3 is 14.6 Å². The molecule has 3 aromatic rings. The van der Waals surface area contributed by atoms with Crippen LogP contribution in [0.2, 0.25) is 0 Å². The molecule has 0 saturated heterocycles. The Balaban J connectivity index is 1.70. The second-order valence-corrected chi connectivity index (χ2v) is 6.23. The second kappa shape index (κ2) is 7.12. The normalized spacial score (nSPS) is 12.7. The van der Waals surface area contributed by atoms with Crippen LogP contribution in [0, 0.1) is 0 Å². The Hall–Kier alpha value is -4.13. The highest BCUT2D eigenvalue weighted by molar-refractivity contribution is 6.34. The smallest absolute Gasteiger partial charge is 0.347 e. The van der Waals surface area contributed by atoms with Crippen molar-refractivity contribution in [1.29, 1.82) is 0 Å². The Labute approximate surface area is 165 Å². The van der Waals surface area contributed by atoms with Crippen LogP contribution in [-0.4, -0.2) is 30.0 Å². The van der Waals surface area contributed by atoms with Gasteiger partial charge in [-0.1, -0.05) is 24.3 Å². The molecule has 1 aliphatic rings. The number of rotatable bonds is 4. The minimum absolute atomic E-state index is 0.00854. The fraction of sp³-hybridized carbons (Fsp3) is 0.0455. The summed E-state index contributed by atoms with van der Waals surface area (Å²) in [6, 6.07) is 16.8. The van der Waals surface area contributed by atoms with Gasteiger partial charge in [0.25, 0.3) is 11.8 Å². The second-order valence-electron chi connectivity index (χ2n) is 6.23. The van der Waals surface area contributed by atoms with E-state index in [1.807, 2.05) is 0 Å². The van der Waals surface area contributed by atoms with Crippen LogP contribution in [0.1, 0.15) is 31.1 Å². The lowest BCUT2D eigenvalue weighted by atomic mass is 10.1. The van der Waals surface area contributed by atoms with Gasteiger partial charge in [0.2, 0.25) is 0 Å². The van der Waals surface area contributed by atoms with Crippen molar-refractivity contribution in [3.8, 4) is 17.2 Å². The van der Waals surface area contributed by atoms with Crippen molar-refractivity contribution in [3.63, 3.8) is 0 Å². The van der Waals surface area contributed by atoms with Crippen LogP contribution in [0.15, 0.2) is 66.7 Å². The van der Waals surface area contributed by atoms with Crippen molar-refractivity contribution in [1.82, 2.24) is 0 Å². The summed E-state index contributed by atoms with van der Waals surface area (Å²) >= 11 is 0. The number of phenols is 1. The number of imide groups is 1. The minimum atomic E-state index is -0.856. The summed E-state index contributed by atoms with van der Waals surface area (Å²) in [5.74, 6) is -1.77. The molecule has 1 N–H and O–H groups in total. The maximum absolute atomic E-state index is 12.8. The van der Waals surface area contributed by atoms with Crippen LogP contribution >= 0.6 is 0 Å². The van der Waals surface area contributed by atoms with Crippen LogP contribution in [0.5, 0.6) is 17.2 Å². The zero-order valence-electron chi connectivity index (χ0n) is 15.3. The molecule has 0 aromatic heterocycles. The fourth-order valence-electron chi connectivity index (χ4n) is 3.10. The van der Waals surface area contributed by atoms with Crippen LogP contribution in [0.3, 0.4) is 0 Å². The fourth-order valence-corrected chi connectivity index (χ4v) is 3.10. The predicted molar refractivity (Wildman–Crippen MR) is 104 cm³/mol. The zero-order chi connectivity index (χ0) is 20.5. The van der Waals surface area contributed by atoms with Crippen molar-refractivity contribution in [2.45, 2.75) is 0 Å². The van der Waals surface area contributed by atoms with E-state index >= 15 is 0 Å². The molecule has 29 heavy (non-hydrogen) atoms.